The van der Waals surface area contributed by atoms with Crippen LogP contribution in [0.1, 0.15) is 36.5 Å². The van der Waals surface area contributed by atoms with Crippen molar-refractivity contribution in [3.63, 3.8) is 0 Å². The molecule has 0 saturated heterocycles. The Labute approximate surface area is 148 Å². The molecule has 0 unspecified atom stereocenters. The molecule has 0 fully saturated rings. The number of aliphatic imine (C=N–C) groups is 1. The highest BCUT2D eigenvalue weighted by atomic mass is 35.5. The topological polar surface area (TPSA) is 21.6 Å². The molecular weight excluding hydrogens is 318 g/mol. The second-order valence-corrected chi connectivity index (χ2v) is 6.36. The van der Waals surface area contributed by atoms with Gasteiger partial charge in [-0.3, -0.25) is 4.99 Å². The van der Waals surface area contributed by atoms with Crippen molar-refractivity contribution in [2.45, 2.75) is 26.2 Å². The first-order chi connectivity index (χ1) is 11.8. The number of ether oxygens (including phenoxy) is 1. The highest BCUT2D eigenvalue weighted by Crippen LogP contribution is 2.23. The minimum absolute atomic E-state index is 0.753. The summed E-state index contributed by atoms with van der Waals surface area (Å²) in [7, 11) is 0. The summed E-state index contributed by atoms with van der Waals surface area (Å²) in [6, 6.07) is 14.2. The van der Waals surface area contributed by atoms with Crippen molar-refractivity contribution in [3.05, 3.63) is 70.3 Å². The van der Waals surface area contributed by atoms with E-state index in [9.17, 15) is 0 Å². The van der Waals surface area contributed by atoms with E-state index in [1.54, 1.807) is 0 Å². The Hall–Kier alpha value is -2.06. The predicted molar refractivity (Wildman–Crippen MR) is 102 cm³/mol. The van der Waals surface area contributed by atoms with Crippen LogP contribution in [0.3, 0.4) is 0 Å². The lowest BCUT2D eigenvalue weighted by Gasteiger charge is -2.16. The molecule has 0 aliphatic carbocycles. The highest BCUT2D eigenvalue weighted by Gasteiger charge is 2.13. The van der Waals surface area contributed by atoms with Gasteiger partial charge in [0.05, 0.1) is 12.3 Å². The molecule has 1 aliphatic rings. The van der Waals surface area contributed by atoms with Crippen LogP contribution in [0.5, 0.6) is 5.75 Å². The molecule has 2 nitrogen and oxygen atoms in total. The molecule has 0 aromatic heterocycles. The van der Waals surface area contributed by atoms with Gasteiger partial charge in [-0.05, 0) is 60.4 Å². The summed E-state index contributed by atoms with van der Waals surface area (Å²) in [5, 5.41) is 0.753. The molecule has 0 bridgehead atoms. The van der Waals surface area contributed by atoms with Crippen LogP contribution >= 0.6 is 11.6 Å². The van der Waals surface area contributed by atoms with Crippen molar-refractivity contribution in [3.8, 4) is 5.75 Å². The minimum atomic E-state index is 0.753. The van der Waals surface area contributed by atoms with Crippen LogP contribution in [0.2, 0.25) is 5.02 Å². The Kier molecular flexibility index (Phi) is 5.71. The quantitative estimate of drug-likeness (QED) is 0.630. The molecule has 24 heavy (non-hydrogen) atoms. The van der Waals surface area contributed by atoms with Gasteiger partial charge < -0.3 is 4.74 Å². The number of rotatable bonds is 6. The number of hydrogen-bond donors (Lipinski definition) is 0. The Bertz CT molecular complexity index is 747. The van der Waals surface area contributed by atoms with Crippen molar-refractivity contribution in [2.24, 2.45) is 4.99 Å². The van der Waals surface area contributed by atoms with E-state index in [0.29, 0.717) is 0 Å². The van der Waals surface area contributed by atoms with Crippen molar-refractivity contribution in [1.29, 1.82) is 0 Å². The molecule has 1 aliphatic heterocycles. The molecular formula is C21H22ClNO. The van der Waals surface area contributed by atoms with Crippen LogP contribution in [0, 0.1) is 0 Å². The van der Waals surface area contributed by atoms with E-state index in [1.165, 1.54) is 11.1 Å². The maximum absolute atomic E-state index is 5.93. The van der Waals surface area contributed by atoms with Crippen molar-refractivity contribution >= 4 is 23.4 Å². The summed E-state index contributed by atoms with van der Waals surface area (Å²) in [5.74, 6) is 0.963. The number of benzene rings is 2. The lowest BCUT2D eigenvalue weighted by atomic mass is 9.96. The van der Waals surface area contributed by atoms with Crippen LogP contribution in [0.25, 0.3) is 6.08 Å². The molecule has 3 rings (SSSR count). The predicted octanol–water partition coefficient (Wildman–Crippen LogP) is 5.58. The van der Waals surface area contributed by atoms with Crippen LogP contribution in [0.4, 0.5) is 0 Å². The molecule has 0 amide bonds. The van der Waals surface area contributed by atoms with Crippen LogP contribution in [-0.2, 0) is 6.42 Å². The van der Waals surface area contributed by atoms with Gasteiger partial charge in [-0.2, -0.15) is 0 Å². The van der Waals surface area contributed by atoms with Gasteiger partial charge in [0.25, 0.3) is 0 Å². The SMILES string of the molecule is CCCCOc1ccc2c(c1)CCN=C2C=Cc1ccc(Cl)cc1. The lowest BCUT2D eigenvalue weighted by molar-refractivity contribution is 0.309. The summed E-state index contributed by atoms with van der Waals surface area (Å²) in [5.41, 5.74) is 4.67. The summed E-state index contributed by atoms with van der Waals surface area (Å²) in [6.07, 6.45) is 7.37. The minimum Gasteiger partial charge on any atom is -0.494 e. The average molecular weight is 340 g/mol. The van der Waals surface area contributed by atoms with Crippen LogP contribution in [0.15, 0.2) is 53.5 Å². The highest BCUT2D eigenvalue weighted by molar-refractivity contribution is 6.30. The zero-order chi connectivity index (χ0) is 16.8. The summed E-state index contributed by atoms with van der Waals surface area (Å²) in [4.78, 5) is 4.67. The number of unbranched alkanes of at least 4 members (excludes halogenated alkanes) is 1. The maximum Gasteiger partial charge on any atom is 0.119 e. The van der Waals surface area contributed by atoms with E-state index in [-0.39, 0.29) is 0 Å². The zero-order valence-corrected chi connectivity index (χ0v) is 14.7. The number of hydrogen-bond acceptors (Lipinski definition) is 2. The Morgan fingerprint density at radius 3 is 2.75 bits per heavy atom. The first-order valence-electron chi connectivity index (χ1n) is 8.50. The number of nitrogens with zero attached hydrogens (tertiary/aromatic N) is 1. The third-order valence-electron chi connectivity index (χ3n) is 4.09. The first kappa shape index (κ1) is 16.8. The number of halogens is 1. The fourth-order valence-electron chi connectivity index (χ4n) is 2.72. The van der Waals surface area contributed by atoms with Gasteiger partial charge in [-0.15, -0.1) is 0 Å². The summed E-state index contributed by atoms with van der Waals surface area (Å²) < 4.78 is 5.82. The molecule has 2 aromatic carbocycles. The van der Waals surface area contributed by atoms with Gasteiger partial charge in [-0.25, -0.2) is 0 Å². The molecule has 124 valence electrons. The van der Waals surface area contributed by atoms with Crippen LogP contribution in [-0.4, -0.2) is 18.9 Å². The Morgan fingerprint density at radius 1 is 1.12 bits per heavy atom. The standard InChI is InChI=1S/C21H22ClNO/c1-2-3-14-24-19-9-10-20-17(15-19)12-13-23-21(20)11-6-16-4-7-18(22)8-5-16/h4-11,15H,2-3,12-14H2,1H3. The summed E-state index contributed by atoms with van der Waals surface area (Å²) >= 11 is 5.93. The lowest BCUT2D eigenvalue weighted by Crippen LogP contribution is -2.11. The largest absolute Gasteiger partial charge is 0.494 e. The molecule has 0 spiro atoms. The molecule has 2 aromatic rings. The third-order valence-corrected chi connectivity index (χ3v) is 4.34. The molecule has 0 saturated carbocycles. The van der Waals surface area contributed by atoms with Gasteiger partial charge >= 0.3 is 0 Å². The zero-order valence-electron chi connectivity index (χ0n) is 14.0. The molecule has 0 atom stereocenters. The maximum atomic E-state index is 5.93. The van der Waals surface area contributed by atoms with Crippen molar-refractivity contribution < 1.29 is 4.74 Å². The van der Waals surface area contributed by atoms with Crippen LogP contribution < -0.4 is 4.74 Å². The second-order valence-electron chi connectivity index (χ2n) is 5.92. The molecule has 1 heterocycles. The molecule has 0 radical (unpaired) electrons. The number of fused-ring (bicyclic) bond motifs is 1. The van der Waals surface area contributed by atoms with E-state index in [0.717, 1.165) is 54.5 Å². The van der Waals surface area contributed by atoms with Gasteiger partial charge in [0.15, 0.2) is 0 Å². The average Bonchev–Trinajstić information content (AvgIpc) is 2.61. The second kappa shape index (κ2) is 8.16. The normalized spacial score (nSPS) is 13.7. The van der Waals surface area contributed by atoms with Crippen molar-refractivity contribution in [1.82, 2.24) is 0 Å². The van der Waals surface area contributed by atoms with Gasteiger partial charge in [0.2, 0.25) is 0 Å². The third kappa shape index (κ3) is 4.27. The van der Waals surface area contributed by atoms with Crippen molar-refractivity contribution in [2.75, 3.05) is 13.2 Å². The van der Waals surface area contributed by atoms with E-state index in [1.807, 2.05) is 30.3 Å². The molecule has 3 heteroatoms. The van der Waals surface area contributed by atoms with E-state index >= 15 is 0 Å². The van der Waals surface area contributed by atoms with E-state index in [2.05, 4.69) is 36.2 Å². The first-order valence-corrected chi connectivity index (χ1v) is 8.88. The summed E-state index contributed by atoms with van der Waals surface area (Å²) in [6.45, 7) is 3.78. The van der Waals surface area contributed by atoms with Gasteiger partial charge in [0, 0.05) is 17.1 Å². The fraction of sp³-hybridized carbons (Fsp3) is 0.286. The smallest absolute Gasteiger partial charge is 0.119 e. The van der Waals surface area contributed by atoms with E-state index in [4.69, 9.17) is 16.3 Å². The van der Waals surface area contributed by atoms with E-state index < -0.39 is 0 Å². The monoisotopic (exact) mass is 339 g/mol. The Balaban J connectivity index is 1.75. The fourth-order valence-corrected chi connectivity index (χ4v) is 2.85. The molecule has 0 N–H and O–H groups in total. The van der Waals surface area contributed by atoms with Gasteiger partial charge in [-0.1, -0.05) is 43.2 Å². The van der Waals surface area contributed by atoms with Gasteiger partial charge in [0.1, 0.15) is 5.75 Å². The Morgan fingerprint density at radius 2 is 1.96 bits per heavy atom. The number of allylic oxidation sites excluding steroid dienone is 1.